The van der Waals surface area contributed by atoms with Crippen molar-refractivity contribution in [3.05, 3.63) is 28.3 Å². The summed E-state index contributed by atoms with van der Waals surface area (Å²) in [7, 11) is 0. The number of nitrogens with zero attached hydrogens (tertiary/aromatic N) is 4. The van der Waals surface area contributed by atoms with Gasteiger partial charge in [0.15, 0.2) is 11.4 Å². The Morgan fingerprint density at radius 2 is 2.00 bits per heavy atom. The van der Waals surface area contributed by atoms with Crippen LogP contribution in [-0.4, -0.2) is 31.4 Å². The molecule has 26 heavy (non-hydrogen) atoms. The second-order valence-electron chi connectivity index (χ2n) is 5.47. The fourth-order valence-corrected chi connectivity index (χ4v) is 2.49. The third-order valence-electron chi connectivity index (χ3n) is 3.67. The lowest BCUT2D eigenvalue weighted by Gasteiger charge is -2.14. The highest BCUT2D eigenvalue weighted by molar-refractivity contribution is 6.32. The maximum absolute atomic E-state index is 12.9. The largest absolute Gasteiger partial charge is 0.436 e. The summed E-state index contributed by atoms with van der Waals surface area (Å²) in [5.74, 6) is -1.56. The van der Waals surface area contributed by atoms with Gasteiger partial charge in [0.25, 0.3) is 5.91 Å². The Kier molecular flexibility index (Phi) is 5.31. The first-order valence-corrected chi connectivity index (χ1v) is 7.85. The summed E-state index contributed by atoms with van der Waals surface area (Å²) < 4.78 is 41.0. The average Bonchev–Trinajstić information content (AvgIpc) is 3.08. The number of aromatic nitrogens is 4. The highest BCUT2D eigenvalue weighted by Gasteiger charge is 2.39. The van der Waals surface area contributed by atoms with Gasteiger partial charge in [0.1, 0.15) is 6.04 Å². The zero-order valence-corrected chi connectivity index (χ0v) is 14.8. The quantitative estimate of drug-likeness (QED) is 0.814. The number of halogens is 4. The molecular weight excluding hydrogens is 377 g/mol. The predicted molar refractivity (Wildman–Crippen MR) is 86.7 cm³/mol. The Morgan fingerprint density at radius 1 is 1.38 bits per heavy atom. The van der Waals surface area contributed by atoms with Crippen molar-refractivity contribution in [2.45, 2.75) is 39.5 Å². The number of aryl methyl sites for hydroxylation is 1. The summed E-state index contributed by atoms with van der Waals surface area (Å²) in [6.45, 7) is 4.85. The number of nitrogens with one attached hydrogen (secondary N) is 1. The van der Waals surface area contributed by atoms with E-state index in [0.717, 1.165) is 4.68 Å². The van der Waals surface area contributed by atoms with Crippen LogP contribution in [0.5, 0.6) is 0 Å². The Bertz CT molecular complexity index is 858. The van der Waals surface area contributed by atoms with Gasteiger partial charge < -0.3 is 11.1 Å². The number of rotatable bonds is 5. The van der Waals surface area contributed by atoms with Gasteiger partial charge >= 0.3 is 6.18 Å². The molecule has 0 fully saturated rings. The fourth-order valence-electron chi connectivity index (χ4n) is 2.26. The molecule has 0 spiro atoms. The van der Waals surface area contributed by atoms with Crippen LogP contribution in [-0.2, 0) is 17.5 Å². The smallest absolute Gasteiger partial charge is 0.364 e. The molecule has 0 bridgehead atoms. The Balaban J connectivity index is 2.32. The molecule has 2 amide bonds. The number of amides is 2. The molecule has 0 saturated heterocycles. The Labute approximate surface area is 151 Å². The lowest BCUT2D eigenvalue weighted by Crippen LogP contribution is -2.26. The summed E-state index contributed by atoms with van der Waals surface area (Å²) in [6.07, 6.45) is -3.35. The highest BCUT2D eigenvalue weighted by atomic mass is 35.5. The molecule has 2 aromatic rings. The minimum absolute atomic E-state index is 0.0129. The number of primary amides is 1. The summed E-state index contributed by atoms with van der Waals surface area (Å²) in [6, 6.07) is -1.13. The number of nitrogens with two attached hydrogens (primary N) is 1. The van der Waals surface area contributed by atoms with Gasteiger partial charge in [0.2, 0.25) is 5.91 Å². The van der Waals surface area contributed by atoms with Crippen LogP contribution in [0.1, 0.15) is 41.8 Å². The zero-order valence-electron chi connectivity index (χ0n) is 14.1. The first kappa shape index (κ1) is 19.8. The van der Waals surface area contributed by atoms with Crippen LogP contribution >= 0.6 is 11.6 Å². The molecule has 3 N–H and O–H groups in total. The molecule has 0 aliphatic heterocycles. The molecule has 142 valence electrons. The van der Waals surface area contributed by atoms with E-state index in [0.29, 0.717) is 6.54 Å². The van der Waals surface area contributed by atoms with Gasteiger partial charge in [-0.15, -0.1) is 0 Å². The van der Waals surface area contributed by atoms with Crippen molar-refractivity contribution in [1.82, 2.24) is 19.6 Å². The number of alkyl halides is 3. The van der Waals surface area contributed by atoms with Crippen LogP contribution in [0, 0.1) is 6.92 Å². The van der Waals surface area contributed by atoms with Crippen LogP contribution in [0.3, 0.4) is 0 Å². The van der Waals surface area contributed by atoms with Gasteiger partial charge in [-0.3, -0.25) is 19.0 Å². The first-order chi connectivity index (χ1) is 12.0. The lowest BCUT2D eigenvalue weighted by atomic mass is 10.2. The van der Waals surface area contributed by atoms with Gasteiger partial charge in [0, 0.05) is 12.7 Å². The second kappa shape index (κ2) is 6.98. The minimum Gasteiger partial charge on any atom is -0.364 e. The first-order valence-electron chi connectivity index (χ1n) is 7.47. The van der Waals surface area contributed by atoms with E-state index in [2.05, 4.69) is 15.5 Å². The van der Waals surface area contributed by atoms with Crippen LogP contribution in [0.2, 0.25) is 5.02 Å². The monoisotopic (exact) mass is 392 g/mol. The van der Waals surface area contributed by atoms with E-state index in [-0.39, 0.29) is 17.1 Å². The van der Waals surface area contributed by atoms with Crippen molar-refractivity contribution < 1.29 is 22.8 Å². The van der Waals surface area contributed by atoms with Crippen molar-refractivity contribution in [3.8, 4) is 0 Å². The molecule has 0 aromatic carbocycles. The Morgan fingerprint density at radius 3 is 2.46 bits per heavy atom. The van der Waals surface area contributed by atoms with E-state index in [1.54, 1.807) is 6.92 Å². The molecule has 1 atom stereocenters. The molecule has 0 unspecified atom stereocenters. The maximum Gasteiger partial charge on any atom is 0.436 e. The van der Waals surface area contributed by atoms with Crippen LogP contribution < -0.4 is 11.1 Å². The standard InChI is InChI=1S/C14H16ClF3N6O2/c1-4-23-5-8(10(21-23)12(19)25)20-13(26)7(3)24-6(2)9(15)11(22-24)14(16,17)18/h5,7H,4H2,1-3H3,(H2,19,25)(H,20,26)/t7-/m1/s1. The van der Waals surface area contributed by atoms with Gasteiger partial charge in [-0.05, 0) is 20.8 Å². The number of hydrogen-bond acceptors (Lipinski definition) is 4. The van der Waals surface area contributed by atoms with Crippen molar-refractivity contribution in [2.24, 2.45) is 5.73 Å². The van der Waals surface area contributed by atoms with Gasteiger partial charge in [-0.25, -0.2) is 0 Å². The molecule has 8 nitrogen and oxygen atoms in total. The minimum atomic E-state index is -4.75. The van der Waals surface area contributed by atoms with Crippen molar-refractivity contribution in [3.63, 3.8) is 0 Å². The molecule has 2 rings (SSSR count). The molecule has 0 aliphatic rings. The van der Waals surface area contributed by atoms with E-state index >= 15 is 0 Å². The second-order valence-corrected chi connectivity index (χ2v) is 5.84. The normalized spacial score (nSPS) is 12.9. The third kappa shape index (κ3) is 3.66. The molecule has 2 heterocycles. The summed E-state index contributed by atoms with van der Waals surface area (Å²) >= 11 is 5.69. The van der Waals surface area contributed by atoms with E-state index in [1.807, 2.05) is 0 Å². The molecule has 12 heteroatoms. The molecule has 0 saturated carbocycles. The molecule has 0 radical (unpaired) electrons. The lowest BCUT2D eigenvalue weighted by molar-refractivity contribution is -0.141. The van der Waals surface area contributed by atoms with Gasteiger partial charge in [0.05, 0.1) is 16.4 Å². The highest BCUT2D eigenvalue weighted by Crippen LogP contribution is 2.36. The fraction of sp³-hybridized carbons (Fsp3) is 0.429. The summed E-state index contributed by atoms with van der Waals surface area (Å²) in [5.41, 5.74) is 3.84. The third-order valence-corrected chi connectivity index (χ3v) is 4.12. The van der Waals surface area contributed by atoms with Crippen molar-refractivity contribution in [2.75, 3.05) is 5.32 Å². The average molecular weight is 393 g/mol. The topological polar surface area (TPSA) is 108 Å². The SMILES string of the molecule is CCn1cc(NC(=O)[C@@H](C)n2nc(C(F)(F)F)c(Cl)c2C)c(C(N)=O)n1. The zero-order chi connectivity index (χ0) is 19.8. The van der Waals surface area contributed by atoms with E-state index in [9.17, 15) is 22.8 Å². The van der Waals surface area contributed by atoms with Crippen molar-refractivity contribution in [1.29, 1.82) is 0 Å². The summed E-state index contributed by atoms with van der Waals surface area (Å²) in [5, 5.41) is 9.18. The van der Waals surface area contributed by atoms with Crippen LogP contribution in [0.15, 0.2) is 6.20 Å². The Hall–Kier alpha value is -2.56. The molecule has 0 aliphatic carbocycles. The van der Waals surface area contributed by atoms with Crippen LogP contribution in [0.4, 0.5) is 18.9 Å². The molecular formula is C14H16ClF3N6O2. The maximum atomic E-state index is 12.9. The van der Waals surface area contributed by atoms with E-state index in [4.69, 9.17) is 17.3 Å². The van der Waals surface area contributed by atoms with Crippen LogP contribution in [0.25, 0.3) is 0 Å². The van der Waals surface area contributed by atoms with Gasteiger partial charge in [-0.1, -0.05) is 11.6 Å². The summed E-state index contributed by atoms with van der Waals surface area (Å²) in [4.78, 5) is 23.8. The van der Waals surface area contributed by atoms with Gasteiger partial charge in [-0.2, -0.15) is 23.4 Å². The number of anilines is 1. The van der Waals surface area contributed by atoms with Crippen molar-refractivity contribution >= 4 is 29.1 Å². The number of carbonyl (C=O) groups excluding carboxylic acids is 2. The predicted octanol–water partition coefficient (Wildman–Crippen LogP) is 2.38. The molecule has 2 aromatic heterocycles. The van der Waals surface area contributed by atoms with E-state index < -0.39 is 34.7 Å². The number of carbonyl (C=O) groups is 2. The van der Waals surface area contributed by atoms with E-state index in [1.165, 1.54) is 24.7 Å². The number of hydrogen-bond donors (Lipinski definition) is 2.